The topological polar surface area (TPSA) is 218 Å². The number of carboxylic acids is 1. The molecule has 1 aliphatic heterocycles. The van der Waals surface area contributed by atoms with Crippen LogP contribution in [-0.4, -0.2) is 120 Å². The summed E-state index contributed by atoms with van der Waals surface area (Å²) in [5.41, 5.74) is -2.56. The number of ether oxygens (including phenoxy) is 2. The molecule has 1 heterocycles. The molecule has 12 heteroatoms. The molecule has 17 atom stereocenters. The Kier molecular flexibility index (Phi) is 8.89. The minimum absolute atomic E-state index is 0.0347. The van der Waals surface area contributed by atoms with Crippen molar-refractivity contribution in [3.8, 4) is 0 Å². The summed E-state index contributed by atoms with van der Waals surface area (Å²) in [5.74, 6) is -1.69. The zero-order valence-corrected chi connectivity index (χ0v) is 29.1. The fraction of sp³-hybridized carbons (Fsp3) is 0.917. The van der Waals surface area contributed by atoms with E-state index in [0.29, 0.717) is 25.7 Å². The number of rotatable bonds is 5. The average molecular weight is 683 g/mol. The summed E-state index contributed by atoms with van der Waals surface area (Å²) in [6.07, 6.45) is -6.04. The van der Waals surface area contributed by atoms with E-state index < -0.39 is 89.4 Å². The molecule has 0 unspecified atom stereocenters. The molecule has 6 rings (SSSR count). The number of aliphatic carboxylic acids is 1. The summed E-state index contributed by atoms with van der Waals surface area (Å²) in [6, 6.07) is 0. The molecule has 5 aliphatic carbocycles. The molecule has 0 aromatic rings. The van der Waals surface area contributed by atoms with Gasteiger partial charge in [0, 0.05) is 5.41 Å². The molecule has 0 spiro atoms. The van der Waals surface area contributed by atoms with Crippen LogP contribution in [0.4, 0.5) is 0 Å². The SMILES string of the molecule is CC1(C)C[C@H]2C3=CC[C@@H]4[C@@]5(C)CC[C@H](O[C@@H]6O[C@H](C(=O)O)[C@@H](O)[C@H](O)[C@H]6O)[C@@](C)(CO)[C@@H]5CC[C@@]4(C)[C@]3(C)C[C@H](O)[C@@]2(CO)[C@@H](O)[C@@H]1O. The Labute approximate surface area is 282 Å². The maximum atomic E-state index is 11.9. The first-order chi connectivity index (χ1) is 22.2. The van der Waals surface area contributed by atoms with Crippen molar-refractivity contribution in [1.82, 2.24) is 0 Å². The minimum Gasteiger partial charge on any atom is -0.479 e. The van der Waals surface area contributed by atoms with Crippen LogP contribution < -0.4 is 0 Å². The highest BCUT2D eigenvalue weighted by atomic mass is 16.7. The predicted octanol–water partition coefficient (Wildman–Crippen LogP) is 0.943. The summed E-state index contributed by atoms with van der Waals surface area (Å²) in [7, 11) is 0. The Hall–Kier alpha value is -1.19. The highest BCUT2D eigenvalue weighted by molar-refractivity contribution is 5.73. The lowest BCUT2D eigenvalue weighted by molar-refractivity contribution is -0.328. The molecular weight excluding hydrogens is 624 g/mol. The van der Waals surface area contributed by atoms with Gasteiger partial charge in [0.1, 0.15) is 18.3 Å². The Bertz CT molecular complexity index is 1310. The van der Waals surface area contributed by atoms with Gasteiger partial charge in [0.2, 0.25) is 0 Å². The second kappa shape index (κ2) is 11.7. The number of carboxylic acid groups (broad SMARTS) is 1. The highest BCUT2D eigenvalue weighted by Crippen LogP contribution is 2.75. The van der Waals surface area contributed by atoms with Gasteiger partial charge in [-0.1, -0.05) is 53.2 Å². The van der Waals surface area contributed by atoms with E-state index in [4.69, 9.17) is 9.47 Å². The molecular formula is C36H58O12. The van der Waals surface area contributed by atoms with E-state index >= 15 is 0 Å². The molecule has 48 heavy (non-hydrogen) atoms. The first-order valence-electron chi connectivity index (χ1n) is 17.8. The van der Waals surface area contributed by atoms with Crippen molar-refractivity contribution in [2.24, 2.45) is 50.2 Å². The largest absolute Gasteiger partial charge is 0.479 e. The van der Waals surface area contributed by atoms with E-state index in [1.165, 1.54) is 0 Å². The third-order valence-corrected chi connectivity index (χ3v) is 15.6. The maximum Gasteiger partial charge on any atom is 0.335 e. The van der Waals surface area contributed by atoms with E-state index in [0.717, 1.165) is 24.8 Å². The Balaban J connectivity index is 1.33. The van der Waals surface area contributed by atoms with Crippen molar-refractivity contribution in [3.05, 3.63) is 11.6 Å². The fourth-order valence-electron chi connectivity index (χ4n) is 12.5. The maximum absolute atomic E-state index is 11.9. The molecule has 6 aliphatic rings. The lowest BCUT2D eigenvalue weighted by Gasteiger charge is -2.72. The van der Waals surface area contributed by atoms with Crippen molar-refractivity contribution in [2.45, 2.75) is 142 Å². The van der Waals surface area contributed by atoms with Crippen molar-refractivity contribution in [2.75, 3.05) is 13.2 Å². The van der Waals surface area contributed by atoms with Gasteiger partial charge < -0.3 is 55.4 Å². The fourth-order valence-corrected chi connectivity index (χ4v) is 12.5. The van der Waals surface area contributed by atoms with Crippen LogP contribution in [0.25, 0.3) is 0 Å². The Morgan fingerprint density at radius 2 is 1.52 bits per heavy atom. The number of aliphatic hydroxyl groups excluding tert-OH is 8. The van der Waals surface area contributed by atoms with Gasteiger partial charge in [-0.2, -0.15) is 0 Å². The van der Waals surface area contributed by atoms with Crippen LogP contribution in [0.15, 0.2) is 11.6 Å². The predicted molar refractivity (Wildman–Crippen MR) is 171 cm³/mol. The van der Waals surface area contributed by atoms with Gasteiger partial charge in [0.15, 0.2) is 12.4 Å². The third kappa shape index (κ3) is 4.60. The molecule has 9 N–H and O–H groups in total. The standard InChI is InChI=1S/C36H58O12/c1-31(2)13-18-17-7-8-20-32(3)11-10-22(47-30-25(42)23(40)24(41)26(48-30)29(45)46)33(4,15-37)19(32)9-12-34(20,5)35(17,6)14-21(39)36(18,16-38)28(44)27(31)43/h7,18-28,30,37-44H,8-16H2,1-6H3,(H,45,46)/t18-,19+,20+,21-,22-,23-,24-,25+,26-,27-,28-,30+,32-,33-,34+,35+,36-/m0/s1. The number of allylic oxidation sites excluding steroid dienone is 2. The van der Waals surface area contributed by atoms with Gasteiger partial charge in [-0.3, -0.25) is 0 Å². The van der Waals surface area contributed by atoms with Crippen LogP contribution in [0.5, 0.6) is 0 Å². The number of hydrogen-bond acceptors (Lipinski definition) is 11. The molecule has 5 fully saturated rings. The van der Waals surface area contributed by atoms with Crippen LogP contribution in [0.3, 0.4) is 0 Å². The minimum atomic E-state index is -1.83. The molecule has 274 valence electrons. The van der Waals surface area contributed by atoms with Crippen LogP contribution in [0.2, 0.25) is 0 Å². The van der Waals surface area contributed by atoms with Crippen molar-refractivity contribution < 1.29 is 60.2 Å². The van der Waals surface area contributed by atoms with E-state index in [1.807, 2.05) is 20.8 Å². The smallest absolute Gasteiger partial charge is 0.335 e. The number of carbonyl (C=O) groups is 1. The lowest BCUT2D eigenvalue weighted by atomic mass is 9.33. The average Bonchev–Trinajstić information content (AvgIpc) is 3.01. The quantitative estimate of drug-likeness (QED) is 0.146. The molecule has 4 saturated carbocycles. The zero-order chi connectivity index (χ0) is 35.6. The number of hydrogen-bond donors (Lipinski definition) is 9. The van der Waals surface area contributed by atoms with E-state index in [2.05, 4.69) is 26.8 Å². The second-order valence-corrected chi connectivity index (χ2v) is 18.0. The molecule has 1 saturated heterocycles. The number of fused-ring (bicyclic) bond motifs is 7. The van der Waals surface area contributed by atoms with Crippen molar-refractivity contribution in [3.63, 3.8) is 0 Å². The molecule has 0 radical (unpaired) electrons. The monoisotopic (exact) mass is 682 g/mol. The summed E-state index contributed by atoms with van der Waals surface area (Å²) >= 11 is 0. The van der Waals surface area contributed by atoms with Gasteiger partial charge in [-0.15, -0.1) is 0 Å². The van der Waals surface area contributed by atoms with Crippen LogP contribution in [-0.2, 0) is 14.3 Å². The lowest BCUT2D eigenvalue weighted by Crippen LogP contribution is -2.71. The zero-order valence-electron chi connectivity index (χ0n) is 29.1. The van der Waals surface area contributed by atoms with Gasteiger partial charge in [0.25, 0.3) is 0 Å². The van der Waals surface area contributed by atoms with Crippen LogP contribution >= 0.6 is 0 Å². The first-order valence-corrected chi connectivity index (χ1v) is 17.8. The van der Waals surface area contributed by atoms with E-state index in [9.17, 15) is 50.8 Å². The van der Waals surface area contributed by atoms with Crippen molar-refractivity contribution >= 4 is 5.97 Å². The van der Waals surface area contributed by atoms with Gasteiger partial charge in [-0.05, 0) is 84.4 Å². The Morgan fingerprint density at radius 3 is 2.12 bits per heavy atom. The molecule has 0 bridgehead atoms. The summed E-state index contributed by atoms with van der Waals surface area (Å²) in [5, 5.41) is 97.2. The van der Waals surface area contributed by atoms with Gasteiger partial charge in [-0.25, -0.2) is 4.79 Å². The van der Waals surface area contributed by atoms with E-state index in [1.54, 1.807) is 0 Å². The number of aliphatic hydroxyl groups is 8. The Morgan fingerprint density at radius 1 is 0.854 bits per heavy atom. The summed E-state index contributed by atoms with van der Waals surface area (Å²) in [4.78, 5) is 11.7. The first kappa shape index (κ1) is 36.6. The molecule has 0 aromatic carbocycles. The third-order valence-electron chi connectivity index (χ3n) is 15.6. The molecule has 0 amide bonds. The molecule has 12 nitrogen and oxygen atoms in total. The molecule has 0 aromatic heterocycles. The van der Waals surface area contributed by atoms with Crippen LogP contribution in [0, 0.1) is 50.2 Å². The highest BCUT2D eigenvalue weighted by Gasteiger charge is 2.72. The normalized spacial score (nSPS) is 56.2. The van der Waals surface area contributed by atoms with Crippen LogP contribution in [0.1, 0.15) is 86.5 Å². The van der Waals surface area contributed by atoms with Crippen molar-refractivity contribution in [1.29, 1.82) is 0 Å². The second-order valence-electron chi connectivity index (χ2n) is 18.0. The summed E-state index contributed by atoms with van der Waals surface area (Å²) in [6.45, 7) is 12.0. The van der Waals surface area contributed by atoms with E-state index in [-0.39, 0.29) is 35.2 Å². The summed E-state index contributed by atoms with van der Waals surface area (Å²) < 4.78 is 11.7. The van der Waals surface area contributed by atoms with Gasteiger partial charge in [0.05, 0.1) is 43.0 Å². The van der Waals surface area contributed by atoms with Gasteiger partial charge >= 0.3 is 5.97 Å².